The average Bonchev–Trinajstić information content (AvgIpc) is 2.35. The van der Waals surface area contributed by atoms with Crippen molar-refractivity contribution in [2.75, 3.05) is 11.9 Å². The Morgan fingerprint density at radius 1 is 1.42 bits per heavy atom. The number of aryl methyl sites for hydroxylation is 1. The van der Waals surface area contributed by atoms with E-state index < -0.39 is 0 Å². The van der Waals surface area contributed by atoms with Gasteiger partial charge < -0.3 is 5.32 Å². The maximum absolute atomic E-state index is 3.97. The molecule has 3 nitrogen and oxygen atoms in total. The molecule has 0 bridgehead atoms. The monoisotopic (exact) mass is 185 g/mol. The number of hydrogen-bond acceptors (Lipinski definition) is 4. The van der Waals surface area contributed by atoms with E-state index in [1.54, 1.807) is 11.3 Å². The molecule has 0 amide bonds. The third-order valence-electron chi connectivity index (χ3n) is 1.52. The predicted octanol–water partition coefficient (Wildman–Crippen LogP) is 2.30. The minimum atomic E-state index is 0.742. The molecule has 0 fully saturated rings. The van der Waals surface area contributed by atoms with Crippen molar-refractivity contribution in [1.82, 2.24) is 10.2 Å². The summed E-state index contributed by atoms with van der Waals surface area (Å²) in [6, 6.07) is 0. The van der Waals surface area contributed by atoms with Crippen LogP contribution >= 0.6 is 11.3 Å². The summed E-state index contributed by atoms with van der Waals surface area (Å²) in [5.74, 6) is 0.742. The maximum Gasteiger partial charge on any atom is 0.205 e. The molecule has 0 aliphatic rings. The van der Waals surface area contributed by atoms with E-state index in [4.69, 9.17) is 0 Å². The lowest BCUT2D eigenvalue weighted by molar-refractivity contribution is 0.607. The SMILES string of the molecule is Cc1nnc(NCCC(C)C)s1. The molecule has 0 saturated heterocycles. The molecule has 0 aliphatic carbocycles. The zero-order chi connectivity index (χ0) is 8.97. The van der Waals surface area contributed by atoms with Crippen LogP contribution in [0.3, 0.4) is 0 Å². The Hall–Kier alpha value is -0.640. The summed E-state index contributed by atoms with van der Waals surface area (Å²) in [5, 5.41) is 13.1. The standard InChI is InChI=1S/C8H15N3S/c1-6(2)4-5-9-8-11-10-7(3)12-8/h6H,4-5H2,1-3H3,(H,9,11). The highest BCUT2D eigenvalue weighted by Gasteiger charge is 1.98. The normalized spacial score (nSPS) is 10.7. The molecule has 1 N–H and O–H groups in total. The molecule has 4 heteroatoms. The van der Waals surface area contributed by atoms with Gasteiger partial charge in [0.25, 0.3) is 0 Å². The van der Waals surface area contributed by atoms with E-state index in [2.05, 4.69) is 29.4 Å². The van der Waals surface area contributed by atoms with Crippen LogP contribution in [-0.4, -0.2) is 16.7 Å². The Kier molecular flexibility index (Phi) is 3.47. The van der Waals surface area contributed by atoms with Gasteiger partial charge in [-0.25, -0.2) is 0 Å². The first kappa shape index (κ1) is 9.45. The fourth-order valence-electron chi connectivity index (χ4n) is 0.836. The lowest BCUT2D eigenvalue weighted by Crippen LogP contribution is -2.04. The Balaban J connectivity index is 2.24. The fourth-order valence-corrected chi connectivity index (χ4v) is 1.45. The van der Waals surface area contributed by atoms with Crippen molar-refractivity contribution in [2.45, 2.75) is 27.2 Å². The van der Waals surface area contributed by atoms with Crippen LogP contribution in [0.2, 0.25) is 0 Å². The molecule has 0 saturated carbocycles. The van der Waals surface area contributed by atoms with E-state index in [0.717, 1.165) is 22.6 Å². The van der Waals surface area contributed by atoms with Gasteiger partial charge in [0.1, 0.15) is 5.01 Å². The predicted molar refractivity (Wildman–Crippen MR) is 52.6 cm³/mol. The molecule has 1 heterocycles. The fraction of sp³-hybridized carbons (Fsp3) is 0.750. The Morgan fingerprint density at radius 3 is 2.67 bits per heavy atom. The molecule has 0 unspecified atom stereocenters. The summed E-state index contributed by atoms with van der Waals surface area (Å²) in [4.78, 5) is 0. The molecule has 0 atom stereocenters. The summed E-state index contributed by atoms with van der Waals surface area (Å²) >= 11 is 1.61. The lowest BCUT2D eigenvalue weighted by atomic mass is 10.1. The minimum absolute atomic E-state index is 0.742. The van der Waals surface area contributed by atoms with Crippen LogP contribution in [0.25, 0.3) is 0 Å². The summed E-state index contributed by atoms with van der Waals surface area (Å²) < 4.78 is 0. The van der Waals surface area contributed by atoms with Gasteiger partial charge >= 0.3 is 0 Å². The molecule has 0 spiro atoms. The third-order valence-corrected chi connectivity index (χ3v) is 2.32. The molecular formula is C8H15N3S. The van der Waals surface area contributed by atoms with Crippen molar-refractivity contribution in [3.8, 4) is 0 Å². The van der Waals surface area contributed by atoms with Crippen molar-refractivity contribution < 1.29 is 0 Å². The molecule has 0 radical (unpaired) electrons. The topological polar surface area (TPSA) is 37.8 Å². The van der Waals surface area contributed by atoms with Gasteiger partial charge in [-0.1, -0.05) is 25.2 Å². The molecule has 1 aromatic heterocycles. The molecule has 68 valence electrons. The van der Waals surface area contributed by atoms with E-state index in [9.17, 15) is 0 Å². The van der Waals surface area contributed by atoms with Gasteiger partial charge in [0.2, 0.25) is 5.13 Å². The van der Waals surface area contributed by atoms with Crippen molar-refractivity contribution in [2.24, 2.45) is 5.92 Å². The van der Waals surface area contributed by atoms with Gasteiger partial charge in [0.05, 0.1) is 0 Å². The van der Waals surface area contributed by atoms with Gasteiger partial charge in [-0.3, -0.25) is 0 Å². The highest BCUT2D eigenvalue weighted by atomic mass is 32.1. The largest absolute Gasteiger partial charge is 0.360 e. The van der Waals surface area contributed by atoms with E-state index in [0.29, 0.717) is 0 Å². The van der Waals surface area contributed by atoms with Crippen LogP contribution in [0.15, 0.2) is 0 Å². The van der Waals surface area contributed by atoms with Crippen LogP contribution in [0.1, 0.15) is 25.3 Å². The van der Waals surface area contributed by atoms with Crippen molar-refractivity contribution in [3.63, 3.8) is 0 Å². The maximum atomic E-state index is 3.97. The molecule has 1 aromatic rings. The quantitative estimate of drug-likeness (QED) is 0.782. The first-order chi connectivity index (χ1) is 5.68. The second-order valence-corrected chi connectivity index (χ2v) is 4.42. The number of anilines is 1. The molecule has 12 heavy (non-hydrogen) atoms. The lowest BCUT2D eigenvalue weighted by Gasteiger charge is -2.03. The van der Waals surface area contributed by atoms with E-state index in [1.165, 1.54) is 6.42 Å². The zero-order valence-corrected chi connectivity index (χ0v) is 8.61. The van der Waals surface area contributed by atoms with Crippen LogP contribution in [0, 0.1) is 12.8 Å². The second-order valence-electron chi connectivity index (χ2n) is 3.24. The van der Waals surface area contributed by atoms with Gasteiger partial charge in [-0.15, -0.1) is 10.2 Å². The number of aromatic nitrogens is 2. The van der Waals surface area contributed by atoms with Crippen molar-refractivity contribution in [1.29, 1.82) is 0 Å². The first-order valence-electron chi connectivity index (χ1n) is 4.22. The van der Waals surface area contributed by atoms with Crippen LogP contribution in [-0.2, 0) is 0 Å². The summed E-state index contributed by atoms with van der Waals surface area (Å²) in [6.45, 7) is 7.39. The van der Waals surface area contributed by atoms with Gasteiger partial charge in [-0.2, -0.15) is 0 Å². The Morgan fingerprint density at radius 2 is 2.17 bits per heavy atom. The highest BCUT2D eigenvalue weighted by Crippen LogP contribution is 2.13. The summed E-state index contributed by atoms with van der Waals surface area (Å²) in [7, 11) is 0. The Bertz CT molecular complexity index is 232. The number of nitrogens with zero attached hydrogens (tertiary/aromatic N) is 2. The summed E-state index contributed by atoms with van der Waals surface area (Å²) in [5.41, 5.74) is 0. The average molecular weight is 185 g/mol. The summed E-state index contributed by atoms with van der Waals surface area (Å²) in [6.07, 6.45) is 1.18. The van der Waals surface area contributed by atoms with Crippen molar-refractivity contribution in [3.05, 3.63) is 5.01 Å². The van der Waals surface area contributed by atoms with Gasteiger partial charge in [-0.05, 0) is 19.3 Å². The molecule has 0 aliphatic heterocycles. The number of hydrogen-bond donors (Lipinski definition) is 1. The van der Waals surface area contributed by atoms with Crippen LogP contribution in [0.5, 0.6) is 0 Å². The smallest absolute Gasteiger partial charge is 0.205 e. The molecule has 0 aromatic carbocycles. The highest BCUT2D eigenvalue weighted by molar-refractivity contribution is 7.15. The van der Waals surface area contributed by atoms with Crippen LogP contribution in [0.4, 0.5) is 5.13 Å². The second kappa shape index (κ2) is 4.40. The van der Waals surface area contributed by atoms with Gasteiger partial charge in [0.15, 0.2) is 0 Å². The number of rotatable bonds is 4. The first-order valence-corrected chi connectivity index (χ1v) is 5.04. The third kappa shape index (κ3) is 3.17. The van der Waals surface area contributed by atoms with Crippen molar-refractivity contribution >= 4 is 16.5 Å². The Labute approximate surface area is 77.2 Å². The van der Waals surface area contributed by atoms with E-state index >= 15 is 0 Å². The van der Waals surface area contributed by atoms with E-state index in [-0.39, 0.29) is 0 Å². The van der Waals surface area contributed by atoms with E-state index in [1.807, 2.05) is 6.92 Å². The number of nitrogens with one attached hydrogen (secondary N) is 1. The molecular weight excluding hydrogens is 170 g/mol. The zero-order valence-electron chi connectivity index (χ0n) is 7.79. The minimum Gasteiger partial charge on any atom is -0.360 e. The molecule has 1 rings (SSSR count). The van der Waals surface area contributed by atoms with Gasteiger partial charge in [0, 0.05) is 6.54 Å². The van der Waals surface area contributed by atoms with Crippen LogP contribution < -0.4 is 5.32 Å².